The number of carbonyl (C=O) groups is 2. The van der Waals surface area contributed by atoms with Crippen molar-refractivity contribution in [2.24, 2.45) is 11.3 Å². The Labute approximate surface area is 139 Å². The third-order valence-electron chi connectivity index (χ3n) is 5.49. The lowest BCUT2D eigenvalue weighted by Gasteiger charge is -2.28. The highest BCUT2D eigenvalue weighted by Gasteiger charge is 2.59. The van der Waals surface area contributed by atoms with Crippen LogP contribution in [0.2, 0.25) is 0 Å². The minimum absolute atomic E-state index is 0.0437. The molecule has 2 amide bonds. The number of hydrogen-bond donors (Lipinski definition) is 1. The van der Waals surface area contributed by atoms with E-state index in [1.807, 2.05) is 6.07 Å². The molecular formula is C17H20FN3O3. The first kappa shape index (κ1) is 15.4. The lowest BCUT2D eigenvalue weighted by Crippen LogP contribution is -2.43. The highest BCUT2D eigenvalue weighted by atomic mass is 19.1. The molecule has 24 heavy (non-hydrogen) atoms. The molecule has 0 unspecified atom stereocenters. The molecule has 1 aromatic heterocycles. The predicted octanol–water partition coefficient (Wildman–Crippen LogP) is 0.927. The second kappa shape index (κ2) is 5.43. The Morgan fingerprint density at radius 2 is 2.29 bits per heavy atom. The normalized spacial score (nSPS) is 30.5. The topological polar surface area (TPSA) is 71.5 Å². The van der Waals surface area contributed by atoms with Gasteiger partial charge in [-0.15, -0.1) is 0 Å². The largest absolute Gasteiger partial charge is 0.492 e. The van der Waals surface area contributed by atoms with Crippen molar-refractivity contribution in [3.8, 4) is 5.75 Å². The van der Waals surface area contributed by atoms with Crippen LogP contribution in [0.15, 0.2) is 24.5 Å². The lowest BCUT2D eigenvalue weighted by atomic mass is 9.77. The fourth-order valence-electron chi connectivity index (χ4n) is 3.75. The number of likely N-dealkylation sites (tertiary alicyclic amines) is 1. The van der Waals surface area contributed by atoms with Gasteiger partial charge in [0, 0.05) is 31.7 Å². The summed E-state index contributed by atoms with van der Waals surface area (Å²) in [5.41, 5.74) is -2.34. The van der Waals surface area contributed by atoms with Gasteiger partial charge >= 0.3 is 0 Å². The summed E-state index contributed by atoms with van der Waals surface area (Å²) in [6, 6.07) is 3.60. The summed E-state index contributed by atoms with van der Waals surface area (Å²) < 4.78 is 19.8. The van der Waals surface area contributed by atoms with Gasteiger partial charge in [0.1, 0.15) is 5.75 Å². The van der Waals surface area contributed by atoms with Gasteiger partial charge in [-0.2, -0.15) is 0 Å². The summed E-state index contributed by atoms with van der Waals surface area (Å²) in [7, 11) is 0. The highest BCUT2D eigenvalue weighted by Crippen LogP contribution is 2.46. The molecule has 4 rings (SSSR count). The summed E-state index contributed by atoms with van der Waals surface area (Å²) >= 11 is 0. The molecule has 0 bridgehead atoms. The summed E-state index contributed by atoms with van der Waals surface area (Å²) in [4.78, 5) is 30.2. The van der Waals surface area contributed by atoms with Crippen molar-refractivity contribution in [1.29, 1.82) is 0 Å². The Kier molecular flexibility index (Phi) is 3.47. The van der Waals surface area contributed by atoms with Crippen molar-refractivity contribution in [3.05, 3.63) is 24.5 Å². The number of rotatable bonds is 4. The third kappa shape index (κ3) is 2.42. The molecule has 1 aromatic rings. The quantitative estimate of drug-likeness (QED) is 0.890. The van der Waals surface area contributed by atoms with Crippen LogP contribution in [-0.2, 0) is 9.59 Å². The van der Waals surface area contributed by atoms with E-state index >= 15 is 0 Å². The lowest BCUT2D eigenvalue weighted by molar-refractivity contribution is -0.138. The van der Waals surface area contributed by atoms with Crippen molar-refractivity contribution in [3.63, 3.8) is 0 Å². The first-order chi connectivity index (χ1) is 11.5. The molecule has 2 aliphatic heterocycles. The smallest absolute Gasteiger partial charge is 0.260 e. The van der Waals surface area contributed by atoms with Gasteiger partial charge in [-0.05, 0) is 31.4 Å². The molecule has 0 radical (unpaired) electrons. The summed E-state index contributed by atoms with van der Waals surface area (Å²) in [6.45, 7) is 1.60. The van der Waals surface area contributed by atoms with Crippen molar-refractivity contribution in [2.45, 2.75) is 24.9 Å². The van der Waals surface area contributed by atoms with Crippen molar-refractivity contribution >= 4 is 11.8 Å². The van der Waals surface area contributed by atoms with Crippen LogP contribution in [0.5, 0.6) is 5.75 Å². The molecule has 1 spiro atoms. The third-order valence-corrected chi connectivity index (χ3v) is 5.49. The van der Waals surface area contributed by atoms with E-state index in [9.17, 15) is 14.0 Å². The number of halogens is 1. The Morgan fingerprint density at radius 3 is 3.00 bits per heavy atom. The van der Waals surface area contributed by atoms with Gasteiger partial charge in [0.25, 0.3) is 5.91 Å². The zero-order chi connectivity index (χ0) is 16.8. The molecule has 6 nitrogen and oxygen atoms in total. The molecule has 2 saturated heterocycles. The minimum Gasteiger partial charge on any atom is -0.492 e. The molecule has 3 aliphatic rings. The maximum absolute atomic E-state index is 14.1. The fourth-order valence-corrected chi connectivity index (χ4v) is 3.75. The Balaban J connectivity index is 1.46. The molecule has 3 fully saturated rings. The van der Waals surface area contributed by atoms with Crippen molar-refractivity contribution in [2.75, 3.05) is 26.2 Å². The van der Waals surface area contributed by atoms with E-state index in [1.165, 1.54) is 4.90 Å². The molecule has 3 heterocycles. The number of nitrogens with zero attached hydrogens (tertiary/aromatic N) is 2. The van der Waals surface area contributed by atoms with E-state index in [-0.39, 0.29) is 18.4 Å². The highest BCUT2D eigenvalue weighted by molar-refractivity contribution is 5.91. The number of aromatic nitrogens is 1. The summed E-state index contributed by atoms with van der Waals surface area (Å²) in [5, 5.41) is 2.89. The van der Waals surface area contributed by atoms with E-state index in [1.54, 1.807) is 18.5 Å². The van der Waals surface area contributed by atoms with Gasteiger partial charge in [-0.1, -0.05) is 0 Å². The maximum atomic E-state index is 14.1. The number of amides is 2. The zero-order valence-corrected chi connectivity index (χ0v) is 13.3. The second-order valence-electron chi connectivity index (χ2n) is 7.00. The van der Waals surface area contributed by atoms with Gasteiger partial charge < -0.3 is 15.0 Å². The standard InChI is InChI=1S/C17H20FN3O3/c18-17(3-4-17)15(23)21-7-5-16(11-21)12(8-20-14(16)22)10-24-13-2-1-6-19-9-13/h1-2,6,9,12H,3-5,7-8,10-11H2,(H,20,22)/t12-,16+/m0/s1. The average molecular weight is 333 g/mol. The van der Waals surface area contributed by atoms with Crippen LogP contribution in [0.1, 0.15) is 19.3 Å². The van der Waals surface area contributed by atoms with Crippen molar-refractivity contribution in [1.82, 2.24) is 15.2 Å². The van der Waals surface area contributed by atoms with E-state index in [0.29, 0.717) is 44.7 Å². The Bertz CT molecular complexity index is 664. The zero-order valence-electron chi connectivity index (χ0n) is 13.3. The van der Waals surface area contributed by atoms with E-state index in [0.717, 1.165) is 0 Å². The van der Waals surface area contributed by atoms with Crippen LogP contribution >= 0.6 is 0 Å². The number of pyridine rings is 1. The number of hydrogen-bond acceptors (Lipinski definition) is 4. The van der Waals surface area contributed by atoms with Gasteiger partial charge in [0.15, 0.2) is 5.67 Å². The van der Waals surface area contributed by atoms with E-state index in [2.05, 4.69) is 10.3 Å². The number of alkyl halides is 1. The van der Waals surface area contributed by atoms with Gasteiger partial charge in [-0.25, -0.2) is 4.39 Å². The number of carbonyl (C=O) groups excluding carboxylic acids is 2. The minimum atomic E-state index is -1.68. The number of nitrogens with one attached hydrogen (secondary N) is 1. The van der Waals surface area contributed by atoms with Crippen LogP contribution in [0, 0.1) is 11.3 Å². The van der Waals surface area contributed by atoms with Crippen LogP contribution in [0.3, 0.4) is 0 Å². The van der Waals surface area contributed by atoms with Gasteiger partial charge in [0.05, 0.1) is 18.2 Å². The monoisotopic (exact) mass is 333 g/mol. The SMILES string of the molecule is O=C(N1CC[C@]2(C1)C(=O)NC[C@H]2COc1cccnc1)C1(F)CC1. The molecule has 7 heteroatoms. The summed E-state index contributed by atoms with van der Waals surface area (Å²) in [6.07, 6.45) is 4.45. The van der Waals surface area contributed by atoms with Crippen LogP contribution in [0.25, 0.3) is 0 Å². The molecule has 1 saturated carbocycles. The van der Waals surface area contributed by atoms with Crippen molar-refractivity contribution < 1.29 is 18.7 Å². The molecule has 1 N–H and O–H groups in total. The molecular weight excluding hydrogens is 313 g/mol. The van der Waals surface area contributed by atoms with Crippen LogP contribution in [0.4, 0.5) is 4.39 Å². The van der Waals surface area contributed by atoms with Crippen LogP contribution < -0.4 is 10.1 Å². The predicted molar refractivity (Wildman–Crippen MR) is 82.9 cm³/mol. The molecule has 1 aliphatic carbocycles. The van der Waals surface area contributed by atoms with E-state index < -0.39 is 17.0 Å². The second-order valence-corrected chi connectivity index (χ2v) is 7.00. The fraction of sp³-hybridized carbons (Fsp3) is 0.588. The van der Waals surface area contributed by atoms with Gasteiger partial charge in [-0.3, -0.25) is 14.6 Å². The first-order valence-electron chi connectivity index (χ1n) is 8.33. The van der Waals surface area contributed by atoms with Gasteiger partial charge in [0.2, 0.25) is 5.91 Å². The van der Waals surface area contributed by atoms with E-state index in [4.69, 9.17) is 4.74 Å². The average Bonchev–Trinajstić information content (AvgIpc) is 3.08. The summed E-state index contributed by atoms with van der Waals surface area (Å²) in [5.74, 6) is 0.101. The number of ether oxygens (including phenoxy) is 1. The molecule has 2 atom stereocenters. The van der Waals surface area contributed by atoms with Crippen LogP contribution in [-0.4, -0.2) is 53.6 Å². The first-order valence-corrected chi connectivity index (χ1v) is 8.33. The Hall–Kier alpha value is -2.18. The maximum Gasteiger partial charge on any atom is 0.260 e. The molecule has 0 aromatic carbocycles. The Morgan fingerprint density at radius 1 is 1.46 bits per heavy atom. The molecule has 128 valence electrons.